The maximum atomic E-state index is 12.8. The smallest absolute Gasteiger partial charge is 0.302 e. The lowest BCUT2D eigenvalue weighted by Crippen LogP contribution is -2.57. The van der Waals surface area contributed by atoms with E-state index in [0.717, 1.165) is 51.4 Å². The Hall–Kier alpha value is -4.72. The zero-order chi connectivity index (χ0) is 33.7. The van der Waals surface area contributed by atoms with Crippen molar-refractivity contribution in [2.45, 2.75) is 75.9 Å². The zero-order valence-electron chi connectivity index (χ0n) is 27.8. The number of methoxy groups -OCH3 is 2. The summed E-state index contributed by atoms with van der Waals surface area (Å²) in [6.07, 6.45) is 2.50. The van der Waals surface area contributed by atoms with E-state index in [-0.39, 0.29) is 41.2 Å². The van der Waals surface area contributed by atoms with Crippen molar-refractivity contribution in [3.05, 3.63) is 94.5 Å². The molecule has 8 heteroatoms. The summed E-state index contributed by atoms with van der Waals surface area (Å²) in [5, 5.41) is 24.0. The number of ether oxygens (including phenoxy) is 4. The topological polar surface area (TPSA) is 112 Å². The number of carbonyl (C=O) groups is 2. The second-order valence-electron chi connectivity index (χ2n) is 13.7. The SMILES string of the molecule is COc1cc2c(cc1O)C[C@@]1(c3ccc4ccccc4c3)[C@H](C2)[C@H](OC(C)=O)C[C@@H](OC(C)=O)C[C@H]2c3cc(OC)c(O)cc3CC[C@@H]21. The van der Waals surface area contributed by atoms with Crippen LogP contribution < -0.4 is 9.47 Å². The molecule has 7 rings (SSSR count). The van der Waals surface area contributed by atoms with Crippen LogP contribution in [0.2, 0.25) is 0 Å². The summed E-state index contributed by atoms with van der Waals surface area (Å²) < 4.78 is 23.4. The number of phenolic OH excluding ortho intramolecular Hbond substituents is 2. The average Bonchev–Trinajstić information content (AvgIpc) is 3.05. The van der Waals surface area contributed by atoms with E-state index >= 15 is 0 Å². The summed E-state index contributed by atoms with van der Waals surface area (Å²) in [6, 6.07) is 22.5. The van der Waals surface area contributed by atoms with Gasteiger partial charge in [0.15, 0.2) is 23.0 Å². The monoisotopic (exact) mass is 650 g/mol. The van der Waals surface area contributed by atoms with Gasteiger partial charge < -0.3 is 29.2 Å². The summed E-state index contributed by atoms with van der Waals surface area (Å²) in [5.41, 5.74) is 4.80. The number of aromatic hydroxyl groups is 2. The minimum atomic E-state index is -0.553. The summed E-state index contributed by atoms with van der Waals surface area (Å²) in [5.74, 6) is -0.0289. The zero-order valence-corrected chi connectivity index (χ0v) is 27.8. The van der Waals surface area contributed by atoms with Crippen LogP contribution in [-0.2, 0) is 43.7 Å². The second-order valence-corrected chi connectivity index (χ2v) is 13.7. The Morgan fingerprint density at radius 3 is 2.15 bits per heavy atom. The lowest BCUT2D eigenvalue weighted by atomic mass is 9.47. The van der Waals surface area contributed by atoms with E-state index in [0.29, 0.717) is 37.2 Å². The Balaban J connectivity index is 1.52. The Morgan fingerprint density at radius 2 is 1.44 bits per heavy atom. The van der Waals surface area contributed by atoms with Gasteiger partial charge in [-0.1, -0.05) is 42.5 Å². The molecule has 4 aromatic rings. The van der Waals surface area contributed by atoms with Crippen molar-refractivity contribution in [2.24, 2.45) is 11.8 Å². The minimum absolute atomic E-state index is 0.0132. The summed E-state index contributed by atoms with van der Waals surface area (Å²) in [6.45, 7) is 2.86. The van der Waals surface area contributed by atoms with Crippen molar-refractivity contribution < 1.29 is 38.7 Å². The molecule has 0 heterocycles. The maximum absolute atomic E-state index is 12.8. The van der Waals surface area contributed by atoms with Crippen molar-refractivity contribution in [2.75, 3.05) is 14.2 Å². The molecule has 0 saturated heterocycles. The highest BCUT2D eigenvalue weighted by Gasteiger charge is 2.58. The molecule has 4 aromatic carbocycles. The molecule has 6 atom stereocenters. The molecule has 0 unspecified atom stereocenters. The quantitative estimate of drug-likeness (QED) is 0.224. The molecule has 0 radical (unpaired) electrons. The highest BCUT2D eigenvalue weighted by atomic mass is 16.6. The third kappa shape index (κ3) is 5.41. The lowest BCUT2D eigenvalue weighted by molar-refractivity contribution is -0.161. The van der Waals surface area contributed by atoms with E-state index in [2.05, 4.69) is 30.3 Å². The number of esters is 2. The number of benzene rings is 4. The van der Waals surface area contributed by atoms with Crippen LogP contribution in [0.15, 0.2) is 66.7 Å². The van der Waals surface area contributed by atoms with E-state index in [1.165, 1.54) is 13.8 Å². The fourth-order valence-electron chi connectivity index (χ4n) is 9.38. The highest BCUT2D eigenvalue weighted by Crippen LogP contribution is 2.60. The minimum Gasteiger partial charge on any atom is -0.504 e. The van der Waals surface area contributed by atoms with Crippen LogP contribution in [-0.4, -0.2) is 48.6 Å². The molecular formula is C40H42O8. The molecule has 2 N–H and O–H groups in total. The van der Waals surface area contributed by atoms with Gasteiger partial charge in [0.1, 0.15) is 12.2 Å². The summed E-state index contributed by atoms with van der Waals surface area (Å²) in [4.78, 5) is 25.4. The number of carbonyl (C=O) groups excluding carboxylic acids is 2. The van der Waals surface area contributed by atoms with Crippen molar-refractivity contribution in [3.63, 3.8) is 0 Å². The van der Waals surface area contributed by atoms with Crippen LogP contribution in [0.25, 0.3) is 10.8 Å². The largest absolute Gasteiger partial charge is 0.504 e. The second kappa shape index (κ2) is 12.4. The van der Waals surface area contributed by atoms with E-state index in [1.54, 1.807) is 14.2 Å². The Labute approximate surface area is 280 Å². The number of hydrogen-bond donors (Lipinski definition) is 2. The standard InChI is InChI=1S/C40H42O8/c1-22(41)47-30-18-32-31-20-39(46-4)35(43)15-26(31)10-12-33(32)40(29-11-9-24-7-5-6-8-25(24)13-29)21-28-16-36(44)38(45-3)17-27(28)14-34(40)37(19-30)48-23(2)42/h5-9,11,13,15-17,20,30,32-34,37,43-44H,10,12,14,18-19,21H2,1-4H3/t30-,32-,33-,34+,37+,40-/m0/s1. The average molecular weight is 651 g/mol. The van der Waals surface area contributed by atoms with Crippen LogP contribution in [0.5, 0.6) is 23.0 Å². The first-order chi connectivity index (χ1) is 23.1. The van der Waals surface area contributed by atoms with Gasteiger partial charge in [0.2, 0.25) is 0 Å². The molecule has 0 spiro atoms. The Morgan fingerprint density at radius 1 is 0.750 bits per heavy atom. The third-order valence-corrected chi connectivity index (χ3v) is 11.2. The fraction of sp³-hybridized carbons (Fsp3) is 0.400. The van der Waals surface area contributed by atoms with Gasteiger partial charge in [-0.25, -0.2) is 0 Å². The van der Waals surface area contributed by atoms with Crippen molar-refractivity contribution in [1.82, 2.24) is 0 Å². The van der Waals surface area contributed by atoms with Crippen molar-refractivity contribution in [1.29, 1.82) is 0 Å². The Kier molecular flexibility index (Phi) is 8.22. The van der Waals surface area contributed by atoms with Gasteiger partial charge in [-0.2, -0.15) is 0 Å². The molecule has 1 saturated carbocycles. The first kappa shape index (κ1) is 31.9. The van der Waals surface area contributed by atoms with Crippen LogP contribution in [0.3, 0.4) is 0 Å². The van der Waals surface area contributed by atoms with Crippen molar-refractivity contribution in [3.8, 4) is 23.0 Å². The highest BCUT2D eigenvalue weighted by molar-refractivity contribution is 5.83. The number of aryl methyl sites for hydroxylation is 1. The third-order valence-electron chi connectivity index (χ3n) is 11.2. The lowest BCUT2D eigenvalue weighted by Gasteiger charge is -2.57. The molecule has 3 aliphatic rings. The molecule has 0 amide bonds. The first-order valence-corrected chi connectivity index (χ1v) is 16.7. The molecule has 0 bridgehead atoms. The molecule has 3 aliphatic carbocycles. The summed E-state index contributed by atoms with van der Waals surface area (Å²) >= 11 is 0. The molecule has 250 valence electrons. The predicted octanol–water partition coefficient (Wildman–Crippen LogP) is 6.92. The normalized spacial score (nSPS) is 26.0. The van der Waals surface area contributed by atoms with Gasteiger partial charge in [-0.15, -0.1) is 0 Å². The van der Waals surface area contributed by atoms with E-state index in [9.17, 15) is 19.8 Å². The Bertz CT molecular complexity index is 1900. The number of rotatable bonds is 5. The number of phenols is 2. The molecule has 1 fully saturated rings. The molecular weight excluding hydrogens is 608 g/mol. The van der Waals surface area contributed by atoms with Crippen LogP contribution >= 0.6 is 0 Å². The molecule has 0 aromatic heterocycles. The molecule has 48 heavy (non-hydrogen) atoms. The maximum Gasteiger partial charge on any atom is 0.302 e. The molecule has 8 nitrogen and oxygen atoms in total. The van der Waals surface area contributed by atoms with Gasteiger partial charge in [-0.3, -0.25) is 9.59 Å². The first-order valence-electron chi connectivity index (χ1n) is 16.7. The van der Waals surface area contributed by atoms with E-state index in [4.69, 9.17) is 18.9 Å². The van der Waals surface area contributed by atoms with Crippen LogP contribution in [0, 0.1) is 11.8 Å². The van der Waals surface area contributed by atoms with Gasteiger partial charge in [0.25, 0.3) is 0 Å². The van der Waals surface area contributed by atoms with Gasteiger partial charge in [0.05, 0.1) is 14.2 Å². The molecule has 0 aliphatic heterocycles. The van der Waals surface area contributed by atoms with Gasteiger partial charge in [-0.05, 0) is 107 Å². The fourth-order valence-corrected chi connectivity index (χ4v) is 9.38. The van der Waals surface area contributed by atoms with E-state index in [1.807, 2.05) is 36.4 Å². The predicted molar refractivity (Wildman–Crippen MR) is 181 cm³/mol. The van der Waals surface area contributed by atoms with Crippen molar-refractivity contribution >= 4 is 22.7 Å². The van der Waals surface area contributed by atoms with Crippen LogP contribution in [0.1, 0.15) is 66.8 Å². The van der Waals surface area contributed by atoms with E-state index < -0.39 is 17.6 Å². The van der Waals surface area contributed by atoms with Gasteiger partial charge in [0, 0.05) is 31.6 Å². The summed E-state index contributed by atoms with van der Waals surface area (Å²) in [7, 11) is 3.09. The number of fused-ring (bicyclic) bond motifs is 7. The van der Waals surface area contributed by atoms with Crippen LogP contribution in [0.4, 0.5) is 0 Å². The number of hydrogen-bond acceptors (Lipinski definition) is 8. The van der Waals surface area contributed by atoms with Gasteiger partial charge >= 0.3 is 11.9 Å².